The van der Waals surface area contributed by atoms with Crippen LogP contribution in [-0.2, 0) is 0 Å². The molecule has 0 spiro atoms. The number of rotatable bonds is 5. The van der Waals surface area contributed by atoms with Gasteiger partial charge in [0.25, 0.3) is 0 Å². The van der Waals surface area contributed by atoms with Crippen molar-refractivity contribution in [2.75, 3.05) is 17.6 Å². The third-order valence-corrected chi connectivity index (χ3v) is 3.51. The van der Waals surface area contributed by atoms with Gasteiger partial charge in [0.1, 0.15) is 10.8 Å². The zero-order valence-electron chi connectivity index (χ0n) is 10.7. The Morgan fingerprint density at radius 3 is 2.72 bits per heavy atom. The second-order valence-corrected chi connectivity index (χ2v) is 5.39. The summed E-state index contributed by atoms with van der Waals surface area (Å²) < 4.78 is 4.23. The Morgan fingerprint density at radius 1 is 1.33 bits per heavy atom. The van der Waals surface area contributed by atoms with Crippen molar-refractivity contribution >= 4 is 22.4 Å². The normalized spacial score (nSPS) is 10.8. The van der Waals surface area contributed by atoms with Gasteiger partial charge in [-0.05, 0) is 41.6 Å². The number of nitrogens with one attached hydrogen (secondary N) is 1. The second-order valence-electron chi connectivity index (χ2n) is 4.62. The van der Waals surface area contributed by atoms with Crippen molar-refractivity contribution in [2.45, 2.75) is 20.3 Å². The molecular weight excluding hydrogens is 244 g/mol. The lowest BCUT2D eigenvalue weighted by Crippen LogP contribution is -2.04. The molecule has 3 N–H and O–H groups in total. The molecule has 0 aliphatic carbocycles. The molecule has 2 heterocycles. The minimum absolute atomic E-state index is 0.582. The van der Waals surface area contributed by atoms with Gasteiger partial charge in [0, 0.05) is 18.9 Å². The van der Waals surface area contributed by atoms with Crippen molar-refractivity contribution in [3.63, 3.8) is 0 Å². The van der Waals surface area contributed by atoms with Crippen molar-refractivity contribution in [1.29, 1.82) is 0 Å². The molecule has 96 valence electrons. The van der Waals surface area contributed by atoms with Gasteiger partial charge >= 0.3 is 0 Å². The van der Waals surface area contributed by atoms with E-state index in [0.717, 1.165) is 29.1 Å². The van der Waals surface area contributed by atoms with Gasteiger partial charge in [-0.2, -0.15) is 4.37 Å². The molecule has 0 saturated carbocycles. The van der Waals surface area contributed by atoms with E-state index >= 15 is 0 Å². The fraction of sp³-hybridized carbons (Fsp3) is 0.385. The predicted octanol–water partition coefficient (Wildman–Crippen LogP) is 3.25. The molecular formula is C13H18N4S. The molecule has 18 heavy (non-hydrogen) atoms. The predicted molar refractivity (Wildman–Crippen MR) is 77.7 cm³/mol. The van der Waals surface area contributed by atoms with Gasteiger partial charge in [-0.15, -0.1) is 0 Å². The lowest BCUT2D eigenvalue weighted by molar-refractivity contribution is 0.608. The molecule has 0 aliphatic rings. The molecule has 0 atom stereocenters. The second kappa shape index (κ2) is 5.82. The molecule has 0 aromatic carbocycles. The van der Waals surface area contributed by atoms with Crippen molar-refractivity contribution in [1.82, 2.24) is 9.36 Å². The van der Waals surface area contributed by atoms with Crippen molar-refractivity contribution in [3.05, 3.63) is 24.5 Å². The molecule has 2 aromatic heterocycles. The maximum atomic E-state index is 5.94. The van der Waals surface area contributed by atoms with Gasteiger partial charge in [0.2, 0.25) is 0 Å². The van der Waals surface area contributed by atoms with Crippen LogP contribution in [0.3, 0.4) is 0 Å². The van der Waals surface area contributed by atoms with Crippen molar-refractivity contribution in [2.24, 2.45) is 5.92 Å². The molecule has 0 bridgehead atoms. The molecule has 2 aromatic rings. The Hall–Kier alpha value is -1.62. The maximum absolute atomic E-state index is 5.94. The fourth-order valence-electron chi connectivity index (χ4n) is 1.70. The Morgan fingerprint density at radius 2 is 2.06 bits per heavy atom. The number of aromatic nitrogens is 2. The highest BCUT2D eigenvalue weighted by atomic mass is 32.1. The zero-order valence-corrected chi connectivity index (χ0v) is 11.5. The molecule has 5 heteroatoms. The van der Waals surface area contributed by atoms with E-state index in [2.05, 4.69) is 28.5 Å². The number of hydrogen-bond donors (Lipinski definition) is 2. The monoisotopic (exact) mass is 262 g/mol. The van der Waals surface area contributed by atoms with Crippen LogP contribution >= 0.6 is 11.5 Å². The first-order valence-electron chi connectivity index (χ1n) is 6.08. The molecule has 2 rings (SSSR count). The zero-order chi connectivity index (χ0) is 13.0. The summed E-state index contributed by atoms with van der Waals surface area (Å²) in [7, 11) is 0. The summed E-state index contributed by atoms with van der Waals surface area (Å²) in [5, 5.41) is 4.46. The summed E-state index contributed by atoms with van der Waals surface area (Å²) in [6.45, 7) is 5.37. The standard InChI is InChI=1S/C13H18N4S/c1-9(2)3-8-16-13-11(12(14)17-18-13)10-4-6-15-7-5-10/h4-7,9,16H,3,8H2,1-2H3,(H2,14,17). The molecule has 0 saturated heterocycles. The molecule has 0 aliphatic heterocycles. The smallest absolute Gasteiger partial charge is 0.147 e. The van der Waals surface area contributed by atoms with Crippen molar-refractivity contribution < 1.29 is 0 Å². The Bertz CT molecular complexity index is 493. The van der Waals surface area contributed by atoms with E-state index in [4.69, 9.17) is 5.73 Å². The lowest BCUT2D eigenvalue weighted by atomic mass is 10.1. The molecule has 0 radical (unpaired) electrons. The highest BCUT2D eigenvalue weighted by molar-refractivity contribution is 7.11. The molecule has 4 nitrogen and oxygen atoms in total. The van der Waals surface area contributed by atoms with E-state index in [0.29, 0.717) is 11.7 Å². The average molecular weight is 262 g/mol. The maximum Gasteiger partial charge on any atom is 0.147 e. The van der Waals surface area contributed by atoms with E-state index in [1.165, 1.54) is 11.5 Å². The van der Waals surface area contributed by atoms with Crippen molar-refractivity contribution in [3.8, 4) is 11.1 Å². The number of nitrogens with zero attached hydrogens (tertiary/aromatic N) is 2. The SMILES string of the molecule is CC(C)CCNc1snc(N)c1-c1ccncc1. The summed E-state index contributed by atoms with van der Waals surface area (Å²) in [6.07, 6.45) is 4.67. The van der Waals surface area contributed by atoms with Crippen LogP contribution in [0.1, 0.15) is 20.3 Å². The van der Waals surface area contributed by atoms with Crippen LogP contribution in [0, 0.1) is 5.92 Å². The first kappa shape index (κ1) is 12.8. The summed E-state index contributed by atoms with van der Waals surface area (Å²) >= 11 is 1.42. The number of anilines is 2. The number of pyridine rings is 1. The third kappa shape index (κ3) is 2.98. The van der Waals surface area contributed by atoms with Crippen LogP contribution in [0.25, 0.3) is 11.1 Å². The topological polar surface area (TPSA) is 63.8 Å². The van der Waals surface area contributed by atoms with E-state index < -0.39 is 0 Å². The average Bonchev–Trinajstić information content (AvgIpc) is 2.71. The van der Waals surface area contributed by atoms with Gasteiger partial charge in [0.15, 0.2) is 0 Å². The van der Waals surface area contributed by atoms with Crippen LogP contribution < -0.4 is 11.1 Å². The minimum atomic E-state index is 0.582. The van der Waals surface area contributed by atoms with Gasteiger partial charge in [-0.25, -0.2) is 0 Å². The fourth-order valence-corrected chi connectivity index (χ4v) is 2.46. The van der Waals surface area contributed by atoms with Crippen LogP contribution in [0.4, 0.5) is 10.8 Å². The summed E-state index contributed by atoms with van der Waals surface area (Å²) in [5.74, 6) is 1.27. The van der Waals surface area contributed by atoms with Gasteiger partial charge < -0.3 is 11.1 Å². The summed E-state index contributed by atoms with van der Waals surface area (Å²) in [5.41, 5.74) is 7.99. The van der Waals surface area contributed by atoms with Crippen LogP contribution in [0.5, 0.6) is 0 Å². The van der Waals surface area contributed by atoms with Crippen LogP contribution in [0.2, 0.25) is 0 Å². The highest BCUT2D eigenvalue weighted by Gasteiger charge is 2.13. The number of hydrogen-bond acceptors (Lipinski definition) is 5. The van der Waals surface area contributed by atoms with E-state index in [-0.39, 0.29) is 0 Å². The first-order chi connectivity index (χ1) is 8.68. The van der Waals surface area contributed by atoms with E-state index in [1.54, 1.807) is 12.4 Å². The highest BCUT2D eigenvalue weighted by Crippen LogP contribution is 2.36. The Balaban J connectivity index is 2.17. The minimum Gasteiger partial charge on any atom is -0.382 e. The first-order valence-corrected chi connectivity index (χ1v) is 6.85. The Labute approximate surface area is 111 Å². The number of nitrogen functional groups attached to an aromatic ring is 1. The van der Waals surface area contributed by atoms with Crippen LogP contribution in [-0.4, -0.2) is 15.9 Å². The quantitative estimate of drug-likeness (QED) is 0.868. The lowest BCUT2D eigenvalue weighted by Gasteiger charge is -2.08. The largest absolute Gasteiger partial charge is 0.382 e. The van der Waals surface area contributed by atoms with Gasteiger partial charge in [-0.1, -0.05) is 13.8 Å². The third-order valence-electron chi connectivity index (χ3n) is 2.69. The van der Waals surface area contributed by atoms with E-state index in [9.17, 15) is 0 Å². The molecule has 0 fully saturated rings. The van der Waals surface area contributed by atoms with Gasteiger partial charge in [-0.3, -0.25) is 4.98 Å². The van der Waals surface area contributed by atoms with Gasteiger partial charge in [0.05, 0.1) is 5.56 Å². The molecule has 0 unspecified atom stereocenters. The van der Waals surface area contributed by atoms with Crippen LogP contribution in [0.15, 0.2) is 24.5 Å². The van der Waals surface area contributed by atoms with E-state index in [1.807, 2.05) is 12.1 Å². The Kier molecular flexibility index (Phi) is 4.15. The number of nitrogens with two attached hydrogens (primary N) is 1. The molecule has 0 amide bonds. The summed E-state index contributed by atoms with van der Waals surface area (Å²) in [6, 6.07) is 3.90. The summed E-state index contributed by atoms with van der Waals surface area (Å²) in [4.78, 5) is 4.02.